The van der Waals surface area contributed by atoms with Gasteiger partial charge in [0.25, 0.3) is 6.01 Å². The number of aromatic amines is 1. The second kappa shape index (κ2) is 7.17. The van der Waals surface area contributed by atoms with Gasteiger partial charge >= 0.3 is 0 Å². The Labute approximate surface area is 173 Å². The second-order valence-corrected chi connectivity index (χ2v) is 8.03. The summed E-state index contributed by atoms with van der Waals surface area (Å²) >= 11 is 6.50. The van der Waals surface area contributed by atoms with Crippen molar-refractivity contribution in [1.82, 2.24) is 15.0 Å². The number of pyridine rings is 1. The van der Waals surface area contributed by atoms with E-state index in [0.717, 1.165) is 29.5 Å². The first-order valence-corrected chi connectivity index (χ1v) is 9.99. The van der Waals surface area contributed by atoms with Gasteiger partial charge in [-0.15, -0.1) is 0 Å². The SMILES string of the molecule is OCC1(COc2nc3nc(-c4ccc(-c5ccccc5)cc4)c(Cl)cc3[nH]2)CC1. The van der Waals surface area contributed by atoms with Gasteiger partial charge in [-0.2, -0.15) is 4.98 Å². The molecule has 0 atom stereocenters. The molecule has 0 aliphatic heterocycles. The van der Waals surface area contributed by atoms with Gasteiger partial charge in [0.1, 0.15) is 0 Å². The van der Waals surface area contributed by atoms with Crippen molar-refractivity contribution in [2.24, 2.45) is 5.41 Å². The number of benzene rings is 2. The van der Waals surface area contributed by atoms with Crippen LogP contribution in [0, 0.1) is 5.41 Å². The van der Waals surface area contributed by atoms with Crippen LogP contribution >= 0.6 is 11.6 Å². The van der Waals surface area contributed by atoms with E-state index in [1.165, 1.54) is 5.56 Å². The molecule has 1 saturated carbocycles. The summed E-state index contributed by atoms with van der Waals surface area (Å²) in [5.41, 5.74) is 5.10. The number of aliphatic hydroxyl groups is 1. The lowest BCUT2D eigenvalue weighted by Gasteiger charge is -2.10. The summed E-state index contributed by atoms with van der Waals surface area (Å²) < 4.78 is 5.75. The van der Waals surface area contributed by atoms with E-state index in [2.05, 4.69) is 39.2 Å². The number of imidazole rings is 1. The third kappa shape index (κ3) is 3.59. The molecule has 2 N–H and O–H groups in total. The topological polar surface area (TPSA) is 71.0 Å². The van der Waals surface area contributed by atoms with Crippen molar-refractivity contribution in [2.75, 3.05) is 13.2 Å². The van der Waals surface area contributed by atoms with E-state index in [0.29, 0.717) is 29.0 Å². The number of aliphatic hydroxyl groups excluding tert-OH is 1. The van der Waals surface area contributed by atoms with Gasteiger partial charge in [0.05, 0.1) is 29.4 Å². The first-order valence-electron chi connectivity index (χ1n) is 9.62. The lowest BCUT2D eigenvalue weighted by atomic mass is 10.0. The number of rotatable bonds is 6. The number of nitrogens with zero attached hydrogens (tertiary/aromatic N) is 2. The van der Waals surface area contributed by atoms with Crippen LogP contribution in [0.2, 0.25) is 5.02 Å². The number of ether oxygens (including phenoxy) is 1. The van der Waals surface area contributed by atoms with Crippen molar-refractivity contribution in [3.63, 3.8) is 0 Å². The van der Waals surface area contributed by atoms with Gasteiger partial charge in [-0.3, -0.25) is 0 Å². The molecule has 0 bridgehead atoms. The average Bonchev–Trinajstić information content (AvgIpc) is 3.45. The maximum absolute atomic E-state index is 9.43. The standard InChI is InChI=1S/C23H20ClN3O2/c24-18-12-19-21(27-22(25-19)29-14-23(13-28)10-11-23)26-20(18)17-8-6-16(7-9-17)15-4-2-1-3-5-15/h1-9,12,28H,10-11,13-14H2,(H,25,26,27). The highest BCUT2D eigenvalue weighted by Gasteiger charge is 2.43. The molecular formula is C23H20ClN3O2. The molecule has 0 amide bonds. The minimum Gasteiger partial charge on any atom is -0.464 e. The maximum atomic E-state index is 9.43. The third-order valence-electron chi connectivity index (χ3n) is 5.48. The quantitative estimate of drug-likeness (QED) is 0.468. The summed E-state index contributed by atoms with van der Waals surface area (Å²) in [6.45, 7) is 0.589. The van der Waals surface area contributed by atoms with E-state index < -0.39 is 0 Å². The van der Waals surface area contributed by atoms with Crippen molar-refractivity contribution >= 4 is 22.8 Å². The van der Waals surface area contributed by atoms with Crippen LogP contribution in [-0.4, -0.2) is 33.3 Å². The molecule has 146 valence electrons. The maximum Gasteiger partial charge on any atom is 0.296 e. The Morgan fingerprint density at radius 3 is 2.34 bits per heavy atom. The zero-order valence-electron chi connectivity index (χ0n) is 15.7. The molecule has 29 heavy (non-hydrogen) atoms. The Morgan fingerprint density at radius 1 is 0.966 bits per heavy atom. The van der Waals surface area contributed by atoms with Crippen molar-refractivity contribution < 1.29 is 9.84 Å². The number of halogens is 1. The van der Waals surface area contributed by atoms with Crippen LogP contribution in [0.25, 0.3) is 33.5 Å². The fraction of sp³-hybridized carbons (Fsp3) is 0.217. The molecule has 5 rings (SSSR count). The number of hydrogen-bond acceptors (Lipinski definition) is 4. The van der Waals surface area contributed by atoms with Crippen molar-refractivity contribution in [2.45, 2.75) is 12.8 Å². The molecule has 1 aliphatic rings. The van der Waals surface area contributed by atoms with Crippen LogP contribution in [-0.2, 0) is 0 Å². The number of fused-ring (bicyclic) bond motifs is 1. The normalized spacial score (nSPS) is 14.8. The second-order valence-electron chi connectivity index (χ2n) is 7.62. The molecule has 0 unspecified atom stereocenters. The van der Waals surface area contributed by atoms with Gasteiger partial charge in [0.15, 0.2) is 5.65 Å². The molecule has 1 aliphatic carbocycles. The molecule has 5 nitrogen and oxygen atoms in total. The van der Waals surface area contributed by atoms with Gasteiger partial charge in [0.2, 0.25) is 0 Å². The van der Waals surface area contributed by atoms with Crippen LogP contribution in [0.15, 0.2) is 60.7 Å². The van der Waals surface area contributed by atoms with Crippen LogP contribution in [0.5, 0.6) is 6.01 Å². The van der Waals surface area contributed by atoms with Gasteiger partial charge in [-0.25, -0.2) is 4.98 Å². The Hall–Kier alpha value is -2.89. The molecule has 0 saturated heterocycles. The summed E-state index contributed by atoms with van der Waals surface area (Å²) in [6, 6.07) is 20.6. The lowest BCUT2D eigenvalue weighted by Crippen LogP contribution is -2.17. The molecule has 4 aromatic rings. The predicted molar refractivity (Wildman–Crippen MR) is 114 cm³/mol. The van der Waals surface area contributed by atoms with Gasteiger partial charge in [0, 0.05) is 11.0 Å². The zero-order chi connectivity index (χ0) is 19.8. The number of aromatic nitrogens is 3. The van der Waals surface area contributed by atoms with Gasteiger partial charge in [-0.1, -0.05) is 66.2 Å². The highest BCUT2D eigenvalue weighted by atomic mass is 35.5. The van der Waals surface area contributed by atoms with Crippen molar-refractivity contribution in [1.29, 1.82) is 0 Å². The van der Waals surface area contributed by atoms with Crippen molar-refractivity contribution in [3.05, 3.63) is 65.7 Å². The van der Waals surface area contributed by atoms with Gasteiger partial charge in [-0.05, 0) is 30.0 Å². The molecule has 0 spiro atoms. The third-order valence-corrected chi connectivity index (χ3v) is 5.77. The predicted octanol–water partition coefficient (Wildman–Crippen LogP) is 5.10. The Balaban J connectivity index is 1.41. The smallest absolute Gasteiger partial charge is 0.296 e. The van der Waals surface area contributed by atoms with E-state index >= 15 is 0 Å². The summed E-state index contributed by atoms with van der Waals surface area (Å²) in [4.78, 5) is 12.2. The van der Waals surface area contributed by atoms with Crippen LogP contribution in [0.1, 0.15) is 12.8 Å². The average molecular weight is 406 g/mol. The first-order chi connectivity index (χ1) is 14.2. The monoisotopic (exact) mass is 405 g/mol. The highest BCUT2D eigenvalue weighted by molar-refractivity contribution is 6.33. The molecule has 6 heteroatoms. The summed E-state index contributed by atoms with van der Waals surface area (Å²) in [6.07, 6.45) is 1.97. The van der Waals surface area contributed by atoms with E-state index in [-0.39, 0.29) is 12.0 Å². The Kier molecular flexibility index (Phi) is 4.49. The van der Waals surface area contributed by atoms with Crippen LogP contribution < -0.4 is 4.74 Å². The number of H-pyrrole nitrogens is 1. The first kappa shape index (κ1) is 18.2. The number of hydrogen-bond donors (Lipinski definition) is 2. The Bertz CT molecular complexity index is 1150. The fourth-order valence-corrected chi connectivity index (χ4v) is 3.62. The van der Waals surface area contributed by atoms with Crippen LogP contribution in [0.4, 0.5) is 0 Å². The van der Waals surface area contributed by atoms with Crippen molar-refractivity contribution in [3.8, 4) is 28.4 Å². The molecule has 2 heterocycles. The Morgan fingerprint density at radius 2 is 1.66 bits per heavy atom. The summed E-state index contributed by atoms with van der Waals surface area (Å²) in [5.74, 6) is 0. The van der Waals surface area contributed by atoms with Gasteiger partial charge < -0.3 is 14.8 Å². The number of nitrogens with one attached hydrogen (secondary N) is 1. The molecule has 1 fully saturated rings. The molecule has 2 aromatic heterocycles. The lowest BCUT2D eigenvalue weighted by molar-refractivity contribution is 0.141. The zero-order valence-corrected chi connectivity index (χ0v) is 16.5. The van der Waals surface area contributed by atoms with E-state index in [4.69, 9.17) is 16.3 Å². The largest absolute Gasteiger partial charge is 0.464 e. The molecule has 0 radical (unpaired) electrons. The minimum absolute atomic E-state index is 0.101. The minimum atomic E-state index is -0.101. The van der Waals surface area contributed by atoms with E-state index in [1.807, 2.05) is 36.4 Å². The summed E-state index contributed by atoms with van der Waals surface area (Å²) in [5, 5.41) is 9.98. The van der Waals surface area contributed by atoms with E-state index in [9.17, 15) is 5.11 Å². The van der Waals surface area contributed by atoms with E-state index in [1.54, 1.807) is 0 Å². The summed E-state index contributed by atoms with van der Waals surface area (Å²) in [7, 11) is 0. The molecular weight excluding hydrogens is 386 g/mol. The molecule has 2 aromatic carbocycles. The highest BCUT2D eigenvalue weighted by Crippen LogP contribution is 2.45. The van der Waals surface area contributed by atoms with Crippen LogP contribution in [0.3, 0.4) is 0 Å². The fourth-order valence-electron chi connectivity index (χ4n) is 3.36.